The fraction of sp³-hybridized carbons (Fsp3) is 0.222. The number of carboxylic acids is 1. The summed E-state index contributed by atoms with van der Waals surface area (Å²) in [6.07, 6.45) is -0.768. The van der Waals surface area contributed by atoms with E-state index >= 15 is 0 Å². The zero-order chi connectivity index (χ0) is 16.6. The monoisotopic (exact) mass is 311 g/mol. The topological polar surface area (TPSA) is 79.5 Å². The number of aromatic nitrogens is 1. The highest BCUT2D eigenvalue weighted by Gasteiger charge is 2.16. The van der Waals surface area contributed by atoms with Crippen molar-refractivity contribution >= 4 is 33.7 Å². The van der Waals surface area contributed by atoms with Gasteiger partial charge in [-0.1, -0.05) is 24.3 Å². The second-order valence-corrected chi connectivity index (χ2v) is 5.60. The molecule has 118 valence electrons. The maximum Gasteiger partial charge on any atom is 0.303 e. The molecule has 1 aromatic heterocycles. The van der Waals surface area contributed by atoms with E-state index in [0.717, 1.165) is 21.8 Å². The molecule has 0 saturated carbocycles. The van der Waals surface area contributed by atoms with Crippen molar-refractivity contribution in [2.45, 2.75) is 25.9 Å². The maximum atomic E-state index is 12.0. The summed E-state index contributed by atoms with van der Waals surface area (Å²) in [6.45, 7) is 1.52. The number of aliphatic carboxylic acids is 1. The Morgan fingerprint density at radius 3 is 2.48 bits per heavy atom. The standard InChI is InChI=1S/C18H17NO4/c1-11(20)19-15-5-3-2-4-13(15)14-10-12(6-7-16(14)19)17(21)8-9-18(22)23/h2-7,10,17,21H,8-9H2,1H3,(H,22,23). The van der Waals surface area contributed by atoms with Crippen LogP contribution in [-0.4, -0.2) is 26.7 Å². The molecule has 0 aliphatic rings. The number of rotatable bonds is 4. The summed E-state index contributed by atoms with van der Waals surface area (Å²) >= 11 is 0. The minimum Gasteiger partial charge on any atom is -0.481 e. The van der Waals surface area contributed by atoms with Crippen molar-refractivity contribution in [2.75, 3.05) is 0 Å². The average Bonchev–Trinajstić information content (AvgIpc) is 2.86. The molecule has 0 aliphatic heterocycles. The molecule has 3 aromatic rings. The minimum absolute atomic E-state index is 0.0737. The number of para-hydroxylation sites is 1. The molecule has 1 atom stereocenters. The molecule has 5 nitrogen and oxygen atoms in total. The van der Waals surface area contributed by atoms with E-state index in [9.17, 15) is 14.7 Å². The van der Waals surface area contributed by atoms with Crippen molar-refractivity contribution in [3.05, 3.63) is 48.0 Å². The Hall–Kier alpha value is -2.66. The fourth-order valence-corrected chi connectivity index (χ4v) is 2.96. The third-order valence-corrected chi connectivity index (χ3v) is 4.03. The lowest BCUT2D eigenvalue weighted by Crippen LogP contribution is -2.05. The predicted octanol–water partition coefficient (Wildman–Crippen LogP) is 3.35. The normalized spacial score (nSPS) is 12.6. The summed E-state index contributed by atoms with van der Waals surface area (Å²) in [5.41, 5.74) is 2.27. The zero-order valence-corrected chi connectivity index (χ0v) is 12.7. The van der Waals surface area contributed by atoms with E-state index in [1.807, 2.05) is 30.3 Å². The molecular weight excluding hydrogens is 294 g/mol. The van der Waals surface area contributed by atoms with Crippen molar-refractivity contribution < 1.29 is 19.8 Å². The number of fused-ring (bicyclic) bond motifs is 3. The number of hydrogen-bond acceptors (Lipinski definition) is 3. The predicted molar refractivity (Wildman–Crippen MR) is 87.6 cm³/mol. The van der Waals surface area contributed by atoms with Gasteiger partial charge in [0, 0.05) is 24.1 Å². The molecule has 1 heterocycles. The number of carboxylic acid groups (broad SMARTS) is 1. The van der Waals surface area contributed by atoms with Crippen LogP contribution in [-0.2, 0) is 4.79 Å². The summed E-state index contributed by atoms with van der Waals surface area (Å²) < 4.78 is 1.65. The number of aliphatic hydroxyl groups excluding tert-OH is 1. The van der Waals surface area contributed by atoms with E-state index in [1.54, 1.807) is 16.7 Å². The van der Waals surface area contributed by atoms with Gasteiger partial charge in [-0.05, 0) is 30.2 Å². The van der Waals surface area contributed by atoms with Crippen molar-refractivity contribution in [3.63, 3.8) is 0 Å². The molecule has 0 spiro atoms. The molecule has 23 heavy (non-hydrogen) atoms. The number of carbonyl (C=O) groups excluding carboxylic acids is 1. The highest BCUT2D eigenvalue weighted by atomic mass is 16.4. The van der Waals surface area contributed by atoms with Crippen molar-refractivity contribution in [1.82, 2.24) is 4.57 Å². The molecule has 1 unspecified atom stereocenters. The zero-order valence-electron chi connectivity index (χ0n) is 12.7. The van der Waals surface area contributed by atoms with Crippen LogP contribution in [0.5, 0.6) is 0 Å². The van der Waals surface area contributed by atoms with E-state index < -0.39 is 12.1 Å². The highest BCUT2D eigenvalue weighted by molar-refractivity contribution is 6.13. The first-order chi connectivity index (χ1) is 11.0. The van der Waals surface area contributed by atoms with E-state index in [4.69, 9.17) is 5.11 Å². The molecule has 2 N–H and O–H groups in total. The molecule has 0 amide bonds. The molecular formula is C18H17NO4. The Kier molecular flexibility index (Phi) is 3.88. The van der Waals surface area contributed by atoms with Gasteiger partial charge in [-0.15, -0.1) is 0 Å². The van der Waals surface area contributed by atoms with Gasteiger partial charge in [-0.3, -0.25) is 14.2 Å². The van der Waals surface area contributed by atoms with E-state index in [-0.39, 0.29) is 18.7 Å². The summed E-state index contributed by atoms with van der Waals surface area (Å²) in [6, 6.07) is 13.0. The van der Waals surface area contributed by atoms with Gasteiger partial charge < -0.3 is 10.2 Å². The lowest BCUT2D eigenvalue weighted by Gasteiger charge is -2.10. The average molecular weight is 311 g/mol. The maximum absolute atomic E-state index is 12.0. The lowest BCUT2D eigenvalue weighted by molar-refractivity contribution is -0.137. The third kappa shape index (κ3) is 2.71. The van der Waals surface area contributed by atoms with Crippen LogP contribution in [0.2, 0.25) is 0 Å². The SMILES string of the molecule is CC(=O)n1c2ccccc2c2cc(C(O)CCC(=O)O)ccc21. The van der Waals surface area contributed by atoms with Gasteiger partial charge in [0.05, 0.1) is 17.1 Å². The van der Waals surface area contributed by atoms with Gasteiger partial charge in [0.25, 0.3) is 0 Å². The number of benzene rings is 2. The lowest BCUT2D eigenvalue weighted by atomic mass is 10.0. The second kappa shape index (κ2) is 5.85. The summed E-state index contributed by atoms with van der Waals surface area (Å²) in [5.74, 6) is -1.01. The number of carbonyl (C=O) groups is 2. The molecule has 3 rings (SSSR count). The summed E-state index contributed by atoms with van der Waals surface area (Å²) in [5, 5.41) is 20.7. The second-order valence-electron chi connectivity index (χ2n) is 5.60. The molecule has 2 aromatic carbocycles. The first kappa shape index (κ1) is 15.2. The third-order valence-electron chi connectivity index (χ3n) is 4.03. The van der Waals surface area contributed by atoms with Gasteiger partial charge in [-0.25, -0.2) is 0 Å². The Morgan fingerprint density at radius 2 is 1.78 bits per heavy atom. The van der Waals surface area contributed by atoms with Crippen LogP contribution in [0.4, 0.5) is 0 Å². The quantitative estimate of drug-likeness (QED) is 0.774. The number of hydrogen-bond donors (Lipinski definition) is 2. The van der Waals surface area contributed by atoms with E-state index in [0.29, 0.717) is 5.56 Å². The van der Waals surface area contributed by atoms with Crippen LogP contribution in [0, 0.1) is 0 Å². The minimum atomic E-state index is -0.932. The van der Waals surface area contributed by atoms with Crippen LogP contribution in [0.25, 0.3) is 21.8 Å². The Bertz CT molecular complexity index is 910. The van der Waals surface area contributed by atoms with Crippen molar-refractivity contribution in [3.8, 4) is 0 Å². The van der Waals surface area contributed by atoms with Gasteiger partial charge in [0.15, 0.2) is 0 Å². The Balaban J connectivity index is 2.14. The van der Waals surface area contributed by atoms with Crippen LogP contribution in [0.15, 0.2) is 42.5 Å². The van der Waals surface area contributed by atoms with Crippen LogP contribution in [0.3, 0.4) is 0 Å². The molecule has 0 saturated heterocycles. The molecule has 0 fully saturated rings. The largest absolute Gasteiger partial charge is 0.481 e. The first-order valence-corrected chi connectivity index (χ1v) is 7.43. The van der Waals surface area contributed by atoms with Crippen molar-refractivity contribution in [2.24, 2.45) is 0 Å². The summed E-state index contributed by atoms with van der Waals surface area (Å²) in [4.78, 5) is 22.6. The van der Waals surface area contributed by atoms with E-state index in [2.05, 4.69) is 0 Å². The van der Waals surface area contributed by atoms with Crippen molar-refractivity contribution in [1.29, 1.82) is 0 Å². The van der Waals surface area contributed by atoms with Crippen LogP contribution in [0.1, 0.15) is 36.2 Å². The van der Waals surface area contributed by atoms with Gasteiger partial charge in [-0.2, -0.15) is 0 Å². The van der Waals surface area contributed by atoms with Crippen LogP contribution >= 0.6 is 0 Å². The fourth-order valence-electron chi connectivity index (χ4n) is 2.96. The number of aliphatic hydroxyl groups is 1. The van der Waals surface area contributed by atoms with Gasteiger partial charge in [0.1, 0.15) is 0 Å². The van der Waals surface area contributed by atoms with Crippen LogP contribution < -0.4 is 0 Å². The highest BCUT2D eigenvalue weighted by Crippen LogP contribution is 2.31. The summed E-state index contributed by atoms with van der Waals surface area (Å²) in [7, 11) is 0. The Labute approximate surface area is 132 Å². The van der Waals surface area contributed by atoms with Gasteiger partial charge >= 0.3 is 5.97 Å². The first-order valence-electron chi connectivity index (χ1n) is 7.43. The number of nitrogens with zero attached hydrogens (tertiary/aromatic N) is 1. The molecule has 0 radical (unpaired) electrons. The Morgan fingerprint density at radius 1 is 1.09 bits per heavy atom. The molecule has 0 aliphatic carbocycles. The smallest absolute Gasteiger partial charge is 0.303 e. The van der Waals surface area contributed by atoms with E-state index in [1.165, 1.54) is 6.92 Å². The molecule has 5 heteroatoms. The van der Waals surface area contributed by atoms with Gasteiger partial charge in [0.2, 0.25) is 5.91 Å². The molecule has 0 bridgehead atoms.